The van der Waals surface area contributed by atoms with Crippen molar-refractivity contribution >= 4 is 29.3 Å². The topological polar surface area (TPSA) is 257 Å². The van der Waals surface area contributed by atoms with E-state index in [0.29, 0.717) is 41.4 Å². The SMILES string of the molecule is COc1ccc(Cn2c(NCc3cccnc3N)nc(=O)n(Cc3ccc(OC)cc3)c2=O)cc1.COc1ccc(Cn2c(SC)nc(=O)n(Cc3ccc(C)cc3)c2=O)cc1.NCc1cccnc1N. The van der Waals surface area contributed by atoms with Crippen LogP contribution in [-0.2, 0) is 39.3 Å². The van der Waals surface area contributed by atoms with Gasteiger partial charge >= 0.3 is 22.8 Å². The first-order chi connectivity index (χ1) is 34.3. The number of hydrogen-bond donors (Lipinski definition) is 4. The largest absolute Gasteiger partial charge is 0.497 e. The van der Waals surface area contributed by atoms with E-state index in [2.05, 4.69) is 25.3 Å². The fourth-order valence-corrected chi connectivity index (χ4v) is 7.43. The van der Waals surface area contributed by atoms with Crippen LogP contribution < -0.4 is 59.5 Å². The number of nitrogens with two attached hydrogens (primary N) is 3. The van der Waals surface area contributed by atoms with Crippen molar-refractivity contribution in [1.29, 1.82) is 0 Å². The van der Waals surface area contributed by atoms with Gasteiger partial charge in [-0.1, -0.05) is 90.1 Å². The Morgan fingerprint density at radius 2 is 0.930 bits per heavy atom. The minimum atomic E-state index is -0.654. The van der Waals surface area contributed by atoms with Gasteiger partial charge < -0.3 is 36.7 Å². The molecule has 0 fully saturated rings. The van der Waals surface area contributed by atoms with Crippen LogP contribution in [0, 0.1) is 6.92 Å². The number of nitrogens with one attached hydrogen (secondary N) is 1. The van der Waals surface area contributed by atoms with Crippen LogP contribution in [0.1, 0.15) is 38.9 Å². The third-order valence-corrected chi connectivity index (χ3v) is 11.6. The molecule has 8 aromatic rings. The van der Waals surface area contributed by atoms with Gasteiger partial charge in [-0.05, 0) is 84.0 Å². The molecule has 0 unspecified atom stereocenters. The summed E-state index contributed by atoms with van der Waals surface area (Å²) in [5.41, 5.74) is 20.8. The van der Waals surface area contributed by atoms with E-state index in [1.165, 1.54) is 25.5 Å². The monoisotopic (exact) mass is 980 g/mol. The van der Waals surface area contributed by atoms with E-state index >= 15 is 0 Å². The lowest BCUT2D eigenvalue weighted by molar-refractivity contribution is 0.414. The number of thioether (sulfide) groups is 1. The second-order valence-electron chi connectivity index (χ2n) is 15.7. The lowest BCUT2D eigenvalue weighted by atomic mass is 10.1. The Morgan fingerprint density at radius 1 is 0.535 bits per heavy atom. The van der Waals surface area contributed by atoms with E-state index in [0.717, 1.165) is 49.3 Å². The molecule has 0 saturated carbocycles. The Hall–Kier alpha value is -8.49. The van der Waals surface area contributed by atoms with Crippen molar-refractivity contribution in [3.05, 3.63) is 215 Å². The van der Waals surface area contributed by atoms with Crippen LogP contribution in [-0.4, -0.2) is 65.8 Å². The summed E-state index contributed by atoms with van der Waals surface area (Å²) in [4.78, 5) is 68.0. The van der Waals surface area contributed by atoms with Crippen LogP contribution in [0.15, 0.2) is 158 Å². The summed E-state index contributed by atoms with van der Waals surface area (Å²) in [6, 6.07) is 37.0. The van der Waals surface area contributed by atoms with Crippen LogP contribution in [0.2, 0.25) is 0 Å². The number of rotatable bonds is 16. The van der Waals surface area contributed by atoms with Crippen LogP contribution in [0.3, 0.4) is 0 Å². The molecule has 4 aromatic carbocycles. The molecule has 0 bridgehead atoms. The molecule has 8 rings (SSSR count). The predicted octanol–water partition coefficient (Wildman–Crippen LogP) is 4.77. The maximum atomic E-state index is 13.5. The quantitative estimate of drug-likeness (QED) is 0.0951. The third kappa shape index (κ3) is 14.1. The Labute approximate surface area is 413 Å². The number of methoxy groups -OCH3 is 3. The van der Waals surface area contributed by atoms with E-state index < -0.39 is 17.1 Å². The summed E-state index contributed by atoms with van der Waals surface area (Å²) >= 11 is 1.28. The molecule has 7 N–H and O–H groups in total. The molecule has 0 aliphatic rings. The highest BCUT2D eigenvalue weighted by molar-refractivity contribution is 7.98. The van der Waals surface area contributed by atoms with Gasteiger partial charge in [0.25, 0.3) is 0 Å². The van der Waals surface area contributed by atoms with Crippen molar-refractivity contribution in [2.24, 2.45) is 5.73 Å². The highest BCUT2D eigenvalue weighted by atomic mass is 32.2. The van der Waals surface area contributed by atoms with E-state index in [9.17, 15) is 19.2 Å². The second-order valence-corrected chi connectivity index (χ2v) is 16.5. The summed E-state index contributed by atoms with van der Waals surface area (Å²) in [6.07, 6.45) is 5.04. The number of aryl methyl sites for hydroxylation is 1. The van der Waals surface area contributed by atoms with Gasteiger partial charge in [0.1, 0.15) is 28.9 Å². The fourth-order valence-electron chi connectivity index (χ4n) is 6.90. The molecule has 4 aromatic heterocycles. The van der Waals surface area contributed by atoms with Crippen LogP contribution in [0.4, 0.5) is 17.6 Å². The standard InChI is InChI=1S/C25H26N6O4.C20H21N3O3S.C6H9N3/c1-34-20-9-5-17(6-10-20)15-30-23(28-14-19-4-3-13-27-22(19)26)29-24(32)31(25(30)33)16-18-7-11-21(35-2)12-8-18;1-14-4-6-15(7-5-14)12-22-18(24)21-19(27-3)23(20(22)25)13-16-8-10-17(26-2)11-9-16;7-4-5-2-1-3-9-6(5)8/h3-13H,14-16H2,1-2H3,(H2,26,27)(H,28,29,32);4-11H,12-13H2,1-3H3;1-3H,4,7H2,(H2,8,9). The van der Waals surface area contributed by atoms with Gasteiger partial charge in [0, 0.05) is 36.6 Å². The van der Waals surface area contributed by atoms with E-state index in [4.69, 9.17) is 31.4 Å². The molecule has 0 radical (unpaired) electrons. The minimum Gasteiger partial charge on any atom is -0.497 e. The number of ether oxygens (including phenoxy) is 3. The Balaban J connectivity index is 0.000000202. The molecule has 19 nitrogen and oxygen atoms in total. The zero-order chi connectivity index (χ0) is 50.9. The molecule has 20 heteroatoms. The fraction of sp³-hybridized carbons (Fsp3) is 0.216. The zero-order valence-electron chi connectivity index (χ0n) is 40.0. The first-order valence-corrected chi connectivity index (χ1v) is 23.3. The molecule has 0 amide bonds. The third-order valence-electron chi connectivity index (χ3n) is 10.9. The van der Waals surface area contributed by atoms with Gasteiger partial charge in [-0.15, -0.1) is 0 Å². The van der Waals surface area contributed by atoms with Crippen molar-refractivity contribution in [1.82, 2.24) is 38.2 Å². The van der Waals surface area contributed by atoms with Crippen LogP contribution >= 0.6 is 11.8 Å². The number of nitrogen functional groups attached to an aromatic ring is 2. The smallest absolute Gasteiger partial charge is 0.355 e. The minimum absolute atomic E-state index is 0.0765. The van der Waals surface area contributed by atoms with Crippen molar-refractivity contribution in [3.63, 3.8) is 0 Å². The van der Waals surface area contributed by atoms with Crippen molar-refractivity contribution in [3.8, 4) is 17.2 Å². The van der Waals surface area contributed by atoms with Crippen LogP contribution in [0.25, 0.3) is 0 Å². The normalized spacial score (nSPS) is 10.6. The van der Waals surface area contributed by atoms with Crippen LogP contribution in [0.5, 0.6) is 17.2 Å². The Bertz CT molecular complexity index is 3250. The van der Waals surface area contributed by atoms with Gasteiger partial charge in [-0.2, -0.15) is 9.97 Å². The molecular weight excluding hydrogens is 925 g/mol. The number of anilines is 3. The molecular formula is C51H56N12O7S. The van der Waals surface area contributed by atoms with Crippen molar-refractivity contribution < 1.29 is 14.2 Å². The van der Waals surface area contributed by atoms with E-state index in [-0.39, 0.29) is 37.8 Å². The van der Waals surface area contributed by atoms with Gasteiger partial charge in [-0.25, -0.2) is 38.3 Å². The Morgan fingerprint density at radius 3 is 1.34 bits per heavy atom. The van der Waals surface area contributed by atoms with E-state index in [1.54, 1.807) is 70.3 Å². The molecule has 0 aliphatic heterocycles. The number of hydrogen-bond acceptors (Lipinski definition) is 16. The molecule has 71 heavy (non-hydrogen) atoms. The van der Waals surface area contributed by atoms with Crippen molar-refractivity contribution in [2.45, 2.75) is 51.3 Å². The highest BCUT2D eigenvalue weighted by Gasteiger charge is 2.16. The number of aromatic nitrogens is 8. The van der Waals surface area contributed by atoms with Gasteiger partial charge in [0.2, 0.25) is 5.95 Å². The molecule has 4 heterocycles. The summed E-state index contributed by atoms with van der Waals surface area (Å²) in [6.45, 7) is 3.50. The van der Waals surface area contributed by atoms with Gasteiger partial charge in [0.15, 0.2) is 5.16 Å². The van der Waals surface area contributed by atoms with Gasteiger partial charge in [0.05, 0.1) is 47.5 Å². The molecule has 0 spiro atoms. The maximum absolute atomic E-state index is 13.5. The zero-order valence-corrected chi connectivity index (χ0v) is 40.8. The number of pyridine rings is 2. The highest BCUT2D eigenvalue weighted by Crippen LogP contribution is 2.17. The van der Waals surface area contributed by atoms with E-state index in [1.807, 2.05) is 97.9 Å². The number of nitrogens with zero attached hydrogens (tertiary/aromatic N) is 8. The summed E-state index contributed by atoms with van der Waals surface area (Å²) in [7, 11) is 4.77. The average molecular weight is 981 g/mol. The second kappa shape index (κ2) is 25.2. The summed E-state index contributed by atoms with van der Waals surface area (Å²) in [5, 5.41) is 3.48. The molecule has 0 atom stereocenters. The van der Waals surface area contributed by atoms with Gasteiger partial charge in [-0.3, -0.25) is 9.13 Å². The predicted molar refractivity (Wildman–Crippen MR) is 276 cm³/mol. The summed E-state index contributed by atoms with van der Waals surface area (Å²) < 4.78 is 20.8. The average Bonchev–Trinajstić information content (AvgIpc) is 3.39. The molecule has 0 saturated heterocycles. The first-order valence-electron chi connectivity index (χ1n) is 22.1. The van der Waals surface area contributed by atoms with Crippen molar-refractivity contribution in [2.75, 3.05) is 44.4 Å². The summed E-state index contributed by atoms with van der Waals surface area (Å²) in [5.74, 6) is 3.17. The molecule has 368 valence electrons. The lowest BCUT2D eigenvalue weighted by Crippen LogP contribution is -2.43. The Kier molecular flexibility index (Phi) is 18.4. The number of benzene rings is 4. The lowest BCUT2D eigenvalue weighted by Gasteiger charge is -2.16. The first kappa shape index (κ1) is 51.9. The molecule has 0 aliphatic carbocycles. The maximum Gasteiger partial charge on any atom is 0.355 e.